The fourth-order valence-corrected chi connectivity index (χ4v) is 5.16. The molecule has 0 aromatic carbocycles. The number of nitrogens with one attached hydrogen (secondary N) is 2. The maximum atomic E-state index is 13.1. The SMILES string of the molecule is CC(C)(O)CNC(=O)c1cnc(-c2ccc3cc(C#N)cnn23)cc1NC12CCC(O)(CC1)CC2. The average molecular weight is 475 g/mol. The third-order valence-corrected chi connectivity index (χ3v) is 7.33. The van der Waals surface area contributed by atoms with Crippen LogP contribution in [0, 0.1) is 11.3 Å². The van der Waals surface area contributed by atoms with Gasteiger partial charge in [0, 0.05) is 18.3 Å². The lowest BCUT2D eigenvalue weighted by molar-refractivity contribution is -0.0580. The highest BCUT2D eigenvalue weighted by Gasteiger charge is 2.48. The first-order valence-corrected chi connectivity index (χ1v) is 12.0. The summed E-state index contributed by atoms with van der Waals surface area (Å²) in [6.07, 6.45) is 7.79. The second-order valence-electron chi connectivity index (χ2n) is 10.7. The van der Waals surface area contributed by atoms with Crippen LogP contribution in [0.25, 0.3) is 16.9 Å². The maximum absolute atomic E-state index is 13.1. The average Bonchev–Trinajstić information content (AvgIpc) is 3.26. The zero-order valence-corrected chi connectivity index (χ0v) is 20.0. The van der Waals surface area contributed by atoms with Crippen LogP contribution in [0.3, 0.4) is 0 Å². The molecule has 0 unspecified atom stereocenters. The number of aromatic nitrogens is 3. The number of anilines is 1. The first-order chi connectivity index (χ1) is 16.6. The Morgan fingerprint density at radius 2 is 1.89 bits per heavy atom. The lowest BCUT2D eigenvalue weighted by atomic mass is 9.63. The van der Waals surface area contributed by atoms with E-state index in [4.69, 9.17) is 5.26 Å². The van der Waals surface area contributed by atoms with Gasteiger partial charge in [-0.2, -0.15) is 10.4 Å². The highest BCUT2D eigenvalue weighted by atomic mass is 16.3. The summed E-state index contributed by atoms with van der Waals surface area (Å²) in [6.45, 7) is 3.39. The molecule has 1 amide bonds. The number of hydrogen-bond donors (Lipinski definition) is 4. The number of amides is 1. The highest BCUT2D eigenvalue weighted by molar-refractivity contribution is 6.00. The number of pyridine rings is 1. The van der Waals surface area contributed by atoms with Crippen LogP contribution in [0.1, 0.15) is 68.3 Å². The lowest BCUT2D eigenvalue weighted by Gasteiger charge is -2.51. The summed E-state index contributed by atoms with van der Waals surface area (Å²) < 4.78 is 1.72. The minimum atomic E-state index is -1.04. The van der Waals surface area contributed by atoms with Crippen molar-refractivity contribution in [3.05, 3.63) is 47.8 Å². The number of aliphatic hydroxyl groups is 2. The second kappa shape index (κ2) is 8.33. The van der Waals surface area contributed by atoms with Gasteiger partial charge in [0.15, 0.2) is 0 Å². The Hall–Kier alpha value is -3.48. The lowest BCUT2D eigenvalue weighted by Crippen LogP contribution is -2.54. The van der Waals surface area contributed by atoms with E-state index >= 15 is 0 Å². The number of fused-ring (bicyclic) bond motifs is 4. The molecular weight excluding hydrogens is 444 g/mol. The summed E-state index contributed by atoms with van der Waals surface area (Å²) in [5.41, 5.74) is 1.93. The van der Waals surface area contributed by atoms with Crippen molar-refractivity contribution in [2.75, 3.05) is 11.9 Å². The van der Waals surface area contributed by atoms with Crippen molar-refractivity contribution in [1.29, 1.82) is 5.26 Å². The van der Waals surface area contributed by atoms with Crippen molar-refractivity contribution in [3.8, 4) is 17.5 Å². The van der Waals surface area contributed by atoms with Gasteiger partial charge in [0.2, 0.25) is 0 Å². The zero-order valence-electron chi connectivity index (χ0n) is 20.0. The van der Waals surface area contributed by atoms with E-state index in [0.29, 0.717) is 22.5 Å². The fourth-order valence-electron chi connectivity index (χ4n) is 5.16. The van der Waals surface area contributed by atoms with E-state index in [-0.39, 0.29) is 18.0 Å². The monoisotopic (exact) mass is 474 g/mol. The Bertz CT molecular complexity index is 1310. The molecule has 3 heterocycles. The van der Waals surface area contributed by atoms with Gasteiger partial charge in [0.25, 0.3) is 5.91 Å². The molecule has 0 aliphatic heterocycles. The molecule has 3 saturated carbocycles. The molecule has 3 aromatic heterocycles. The van der Waals surface area contributed by atoms with Gasteiger partial charge in [0.05, 0.1) is 51.1 Å². The van der Waals surface area contributed by atoms with Crippen molar-refractivity contribution < 1.29 is 15.0 Å². The molecule has 4 N–H and O–H groups in total. The number of nitriles is 1. The van der Waals surface area contributed by atoms with E-state index in [0.717, 1.165) is 49.7 Å². The molecule has 6 rings (SSSR count). The second-order valence-corrected chi connectivity index (χ2v) is 10.7. The highest BCUT2D eigenvalue weighted by Crippen LogP contribution is 2.48. The Morgan fingerprint density at radius 1 is 1.17 bits per heavy atom. The Morgan fingerprint density at radius 3 is 2.54 bits per heavy atom. The van der Waals surface area contributed by atoms with Crippen molar-refractivity contribution >= 4 is 17.1 Å². The summed E-state index contributed by atoms with van der Waals surface area (Å²) in [5, 5.41) is 40.7. The zero-order chi connectivity index (χ0) is 24.8. The number of hydrogen-bond acceptors (Lipinski definition) is 7. The van der Waals surface area contributed by atoms with Gasteiger partial charge in [-0.3, -0.25) is 9.78 Å². The van der Waals surface area contributed by atoms with Gasteiger partial charge in [-0.25, -0.2) is 4.52 Å². The van der Waals surface area contributed by atoms with Crippen LogP contribution in [0.15, 0.2) is 36.7 Å². The molecule has 3 aliphatic rings. The first kappa shape index (κ1) is 23.3. The van der Waals surface area contributed by atoms with Crippen molar-refractivity contribution in [2.24, 2.45) is 0 Å². The van der Waals surface area contributed by atoms with Crippen LogP contribution in [0.2, 0.25) is 0 Å². The van der Waals surface area contributed by atoms with Crippen LogP contribution in [-0.2, 0) is 0 Å². The van der Waals surface area contributed by atoms with E-state index in [2.05, 4.69) is 26.8 Å². The minimum absolute atomic E-state index is 0.111. The smallest absolute Gasteiger partial charge is 0.255 e. The molecule has 182 valence electrons. The van der Waals surface area contributed by atoms with Gasteiger partial charge >= 0.3 is 0 Å². The molecule has 3 fully saturated rings. The van der Waals surface area contributed by atoms with Gasteiger partial charge in [-0.15, -0.1) is 0 Å². The molecule has 0 radical (unpaired) electrons. The van der Waals surface area contributed by atoms with Gasteiger partial charge in [-0.05, 0) is 76.6 Å². The van der Waals surface area contributed by atoms with Crippen LogP contribution in [0.5, 0.6) is 0 Å². The van der Waals surface area contributed by atoms with Crippen molar-refractivity contribution in [3.63, 3.8) is 0 Å². The Balaban J connectivity index is 1.52. The van der Waals surface area contributed by atoms with E-state index in [1.807, 2.05) is 18.2 Å². The summed E-state index contributed by atoms with van der Waals surface area (Å²) in [7, 11) is 0. The van der Waals surface area contributed by atoms with Gasteiger partial charge in [0.1, 0.15) is 6.07 Å². The van der Waals surface area contributed by atoms with E-state index < -0.39 is 11.2 Å². The van der Waals surface area contributed by atoms with Crippen LogP contribution in [-0.4, -0.2) is 54.0 Å². The molecule has 2 bridgehead atoms. The third kappa shape index (κ3) is 4.59. The number of nitrogens with zero attached hydrogens (tertiary/aromatic N) is 4. The van der Waals surface area contributed by atoms with Crippen molar-refractivity contribution in [1.82, 2.24) is 19.9 Å². The quantitative estimate of drug-likeness (QED) is 0.431. The summed E-state index contributed by atoms with van der Waals surface area (Å²) in [4.78, 5) is 17.7. The molecule has 0 saturated heterocycles. The van der Waals surface area contributed by atoms with E-state index in [1.165, 1.54) is 6.20 Å². The molecular formula is C26H30N6O3. The largest absolute Gasteiger partial charge is 0.390 e. The third-order valence-electron chi connectivity index (χ3n) is 7.33. The molecule has 0 atom stereocenters. The standard InChI is InChI=1S/C26H30N6O3/c1-24(2,34)16-29-23(33)19-15-28-21(22-4-3-18-11-17(13-27)14-30-32(18)22)12-20(19)31-25-5-8-26(35,9-6-25)10-7-25/h3-4,11-12,14-15,34-35H,5-10,16H2,1-2H3,(H,28,31)(H,29,33). The number of carbonyl (C=O) groups is 1. The number of carbonyl (C=O) groups excluding carboxylic acids is 1. The predicted octanol–water partition coefficient (Wildman–Crippen LogP) is 3.02. The fraction of sp³-hybridized carbons (Fsp3) is 0.462. The molecule has 35 heavy (non-hydrogen) atoms. The molecule has 9 nitrogen and oxygen atoms in total. The molecule has 3 aromatic rings. The Labute approximate surface area is 203 Å². The van der Waals surface area contributed by atoms with E-state index in [9.17, 15) is 15.0 Å². The van der Waals surface area contributed by atoms with Crippen LogP contribution < -0.4 is 10.6 Å². The van der Waals surface area contributed by atoms with Gasteiger partial charge in [-0.1, -0.05) is 0 Å². The van der Waals surface area contributed by atoms with Crippen molar-refractivity contribution in [2.45, 2.75) is 69.1 Å². The maximum Gasteiger partial charge on any atom is 0.255 e. The van der Waals surface area contributed by atoms with Crippen LogP contribution >= 0.6 is 0 Å². The topological polar surface area (TPSA) is 136 Å². The minimum Gasteiger partial charge on any atom is -0.390 e. The summed E-state index contributed by atoms with van der Waals surface area (Å²) in [5.74, 6) is -0.315. The van der Waals surface area contributed by atoms with Gasteiger partial charge < -0.3 is 20.8 Å². The molecule has 3 aliphatic carbocycles. The Kier molecular flexibility index (Phi) is 5.54. The number of rotatable bonds is 6. The normalized spacial score (nSPS) is 23.7. The predicted molar refractivity (Wildman–Crippen MR) is 131 cm³/mol. The molecule has 9 heteroatoms. The first-order valence-electron chi connectivity index (χ1n) is 12.0. The summed E-state index contributed by atoms with van der Waals surface area (Å²) >= 11 is 0. The summed E-state index contributed by atoms with van der Waals surface area (Å²) in [6, 6.07) is 9.50. The van der Waals surface area contributed by atoms with Crippen LogP contribution in [0.4, 0.5) is 5.69 Å². The van der Waals surface area contributed by atoms with E-state index in [1.54, 1.807) is 30.6 Å². The molecule has 0 spiro atoms.